The van der Waals surface area contributed by atoms with Crippen molar-refractivity contribution in [2.45, 2.75) is 180 Å². The van der Waals surface area contributed by atoms with Crippen LogP contribution in [0.1, 0.15) is 119 Å². The maximum Gasteiger partial charge on any atom is 0.326 e. The fourth-order valence-corrected chi connectivity index (χ4v) is 8.03. The van der Waals surface area contributed by atoms with E-state index in [0.717, 1.165) is 4.90 Å². The molecule has 31 nitrogen and oxygen atoms in total. The first-order valence-corrected chi connectivity index (χ1v) is 25.9. The third kappa shape index (κ3) is 24.7. The maximum absolute atomic E-state index is 13.9. The lowest BCUT2D eigenvalue weighted by Gasteiger charge is -2.30. The van der Waals surface area contributed by atoms with Crippen molar-refractivity contribution in [2.75, 3.05) is 19.7 Å². The van der Waals surface area contributed by atoms with Gasteiger partial charge in [0, 0.05) is 25.9 Å². The van der Waals surface area contributed by atoms with Crippen LogP contribution < -0.4 is 65.5 Å². The van der Waals surface area contributed by atoms with Gasteiger partial charge in [-0.25, -0.2) is 4.79 Å². The normalized spacial score (nSPS) is 16.8. The maximum atomic E-state index is 13.9. The van der Waals surface area contributed by atoms with E-state index in [0.29, 0.717) is 6.42 Å². The lowest BCUT2D eigenvalue weighted by Crippen LogP contribution is -2.61. The van der Waals surface area contributed by atoms with Crippen LogP contribution in [0, 0.1) is 17.8 Å². The molecule has 0 aromatic carbocycles. The predicted octanol–water partition coefficient (Wildman–Crippen LogP) is -5.31. The fraction of sp³-hybridized carbons (Fsp3) is 0.708. The quantitative estimate of drug-likeness (QED) is 0.0158. The number of nitrogens with zero attached hydrogens (tertiary/aromatic N) is 2. The van der Waals surface area contributed by atoms with Crippen molar-refractivity contribution in [3.05, 3.63) is 0 Å². The largest absolute Gasteiger partial charge is 0.481 e. The number of primary amides is 1. The molecule has 0 unspecified atom stereocenters. The van der Waals surface area contributed by atoms with Gasteiger partial charge in [-0.3, -0.25) is 62.5 Å². The van der Waals surface area contributed by atoms with Crippen LogP contribution in [0.2, 0.25) is 0 Å². The van der Waals surface area contributed by atoms with Gasteiger partial charge in [0.25, 0.3) is 0 Å². The van der Waals surface area contributed by atoms with Gasteiger partial charge in [-0.2, -0.15) is 0 Å². The van der Waals surface area contributed by atoms with Gasteiger partial charge in [-0.05, 0) is 69.6 Å². The number of carbonyl (C=O) groups is 13. The van der Waals surface area contributed by atoms with Crippen molar-refractivity contribution < 1.29 is 82.8 Å². The molecule has 0 aromatic heterocycles. The van der Waals surface area contributed by atoms with Crippen molar-refractivity contribution >= 4 is 82.9 Å². The Morgan fingerprint density at radius 3 is 1.63 bits per heavy atom. The molecular weight excluding hydrogens is 1040 g/mol. The summed E-state index contributed by atoms with van der Waals surface area (Å²) in [6.07, 6.45) is -1.99. The van der Waals surface area contributed by atoms with Gasteiger partial charge in [0.1, 0.15) is 54.4 Å². The summed E-state index contributed by atoms with van der Waals surface area (Å²) in [5, 5.41) is 57.9. The summed E-state index contributed by atoms with van der Waals surface area (Å²) in [5.41, 5.74) is 22.0. The Morgan fingerprint density at radius 1 is 0.608 bits per heavy atom. The number of likely N-dealkylation sites (tertiary alicyclic amines) is 1. The molecule has 1 aliphatic heterocycles. The summed E-state index contributed by atoms with van der Waals surface area (Å²) >= 11 is 0. The molecule has 446 valence electrons. The number of hydrogen-bond acceptors (Lipinski definition) is 16. The second kappa shape index (κ2) is 34.2. The van der Waals surface area contributed by atoms with Crippen molar-refractivity contribution in [1.82, 2.24) is 47.4 Å². The summed E-state index contributed by atoms with van der Waals surface area (Å²) in [5.74, 6) is -15.6. The second-order valence-corrected chi connectivity index (χ2v) is 20.1. The van der Waals surface area contributed by atoms with Crippen molar-refractivity contribution in [3.63, 3.8) is 0 Å². The van der Waals surface area contributed by atoms with E-state index < -0.39 is 188 Å². The Labute approximate surface area is 457 Å². The average molecular weight is 1130 g/mol. The monoisotopic (exact) mass is 1130 g/mol. The molecule has 31 heteroatoms. The van der Waals surface area contributed by atoms with Crippen LogP contribution >= 0.6 is 0 Å². The molecule has 11 atom stereocenters. The van der Waals surface area contributed by atoms with Crippen molar-refractivity contribution in [1.29, 1.82) is 0 Å². The molecule has 1 rings (SSSR count). The molecule has 0 bridgehead atoms. The number of rotatable bonds is 36. The van der Waals surface area contributed by atoms with Crippen LogP contribution in [0.5, 0.6) is 0 Å². The number of guanidine groups is 1. The standard InChI is InChI=1S/C48H82N14O17/c1-8-24(6)37(45(76)56-28(14-16-34(65)66)39(70)60-36(23(4)5)47(78)79)61-40(71)27(13-15-33(50)64)55-43(74)31(21-63)59-44(75)32-12-10-18-62(32)46(77)25(7)54-41(72)30(20-35(67)68)58-42(73)29(19-22(2)3)57-38(69)26(49)11-9-17-53-48(51)52/h22-32,36-37,63H,8-21,49H2,1-7H3,(H2,50,64)(H,54,72)(H,55,74)(H,56,76)(H,57,69)(H,58,73)(H,59,75)(H,60,70)(H,61,71)(H,65,66)(H,67,68)(H,78,79)(H4,51,52,53)/t24-,25-,26-,27-,28-,29-,30-,31-,32-,36-,37-/m0/s1. The Balaban J connectivity index is 3.27. The topological polar surface area (TPSA) is 519 Å². The highest BCUT2D eigenvalue weighted by Gasteiger charge is 2.40. The minimum absolute atomic E-state index is 0.0258. The molecular formula is C48H82N14O17. The highest BCUT2D eigenvalue weighted by atomic mass is 16.4. The Bertz CT molecular complexity index is 2210. The van der Waals surface area contributed by atoms with Crippen LogP contribution in [-0.2, 0) is 62.3 Å². The Kier molecular flexibility index (Phi) is 30.0. The van der Waals surface area contributed by atoms with Crippen LogP contribution in [0.4, 0.5) is 0 Å². The molecule has 0 spiro atoms. The summed E-state index contributed by atoms with van der Waals surface area (Å²) in [6.45, 7) is 10.0. The molecule has 0 saturated carbocycles. The number of aliphatic hydroxyl groups excluding tert-OH is 1. The second-order valence-electron chi connectivity index (χ2n) is 20.1. The van der Waals surface area contributed by atoms with Gasteiger partial charge in [-0.1, -0.05) is 48.0 Å². The number of carboxylic acids is 3. The van der Waals surface area contributed by atoms with E-state index in [4.69, 9.17) is 22.9 Å². The van der Waals surface area contributed by atoms with Crippen LogP contribution in [0.3, 0.4) is 0 Å². The molecule has 1 saturated heterocycles. The predicted molar refractivity (Wildman–Crippen MR) is 280 cm³/mol. The number of aliphatic imine (C=N–C) groups is 1. The average Bonchev–Trinajstić information content (AvgIpc) is 3.86. The summed E-state index contributed by atoms with van der Waals surface area (Å²) in [7, 11) is 0. The minimum Gasteiger partial charge on any atom is -0.481 e. The number of carbonyl (C=O) groups excluding carboxylic acids is 10. The van der Waals surface area contributed by atoms with Gasteiger partial charge in [0.15, 0.2) is 5.96 Å². The van der Waals surface area contributed by atoms with Gasteiger partial charge >= 0.3 is 17.9 Å². The third-order valence-electron chi connectivity index (χ3n) is 12.7. The number of nitrogens with one attached hydrogen (secondary N) is 8. The molecule has 0 aromatic rings. The molecule has 1 heterocycles. The summed E-state index contributed by atoms with van der Waals surface area (Å²) in [6, 6.07) is -14.8. The highest BCUT2D eigenvalue weighted by Crippen LogP contribution is 2.20. The first-order chi connectivity index (χ1) is 36.8. The zero-order chi connectivity index (χ0) is 60.4. The van der Waals surface area contributed by atoms with E-state index >= 15 is 0 Å². The fourth-order valence-electron chi connectivity index (χ4n) is 8.03. The van der Waals surface area contributed by atoms with E-state index in [-0.39, 0.29) is 57.1 Å². The molecule has 1 fully saturated rings. The first kappa shape index (κ1) is 69.3. The SMILES string of the molecule is CC[C@H](C)[C@H](NC(=O)[C@H](CCC(N)=O)NC(=O)[C@H](CO)NC(=O)[C@@H]1CCCN1C(=O)[C@H](C)NC(=O)[C@H](CC(=O)O)NC(=O)[C@H](CC(C)C)NC(=O)[C@@H](N)CCCN=C(N)N)C(=O)N[C@@H](CCC(=O)O)C(=O)N[C@H](C(=O)O)C(C)C. The Morgan fingerprint density at radius 2 is 1.13 bits per heavy atom. The molecule has 0 radical (unpaired) electrons. The van der Waals surface area contributed by atoms with Gasteiger partial charge in [-0.15, -0.1) is 0 Å². The molecule has 0 aliphatic carbocycles. The number of aliphatic hydroxyl groups is 1. The third-order valence-corrected chi connectivity index (χ3v) is 12.7. The first-order valence-electron chi connectivity index (χ1n) is 25.9. The zero-order valence-corrected chi connectivity index (χ0v) is 45.7. The van der Waals surface area contributed by atoms with Gasteiger partial charge < -0.3 is 90.8 Å². The lowest BCUT2D eigenvalue weighted by molar-refractivity contribution is -0.144. The summed E-state index contributed by atoms with van der Waals surface area (Å²) in [4.78, 5) is 174. The van der Waals surface area contributed by atoms with Crippen molar-refractivity contribution in [3.8, 4) is 0 Å². The Hall–Kier alpha value is -7.70. The molecule has 20 N–H and O–H groups in total. The van der Waals surface area contributed by atoms with E-state index in [1.807, 2.05) is 0 Å². The van der Waals surface area contributed by atoms with Crippen molar-refractivity contribution in [2.24, 2.45) is 45.7 Å². The number of amides is 10. The smallest absolute Gasteiger partial charge is 0.326 e. The molecule has 1 aliphatic rings. The van der Waals surface area contributed by atoms with Crippen LogP contribution in [-0.4, -0.2) is 188 Å². The van der Waals surface area contributed by atoms with E-state index in [1.54, 1.807) is 27.7 Å². The summed E-state index contributed by atoms with van der Waals surface area (Å²) < 4.78 is 0. The minimum atomic E-state index is -1.80. The highest BCUT2D eigenvalue weighted by molar-refractivity contribution is 5.99. The van der Waals surface area contributed by atoms with E-state index in [2.05, 4.69) is 47.5 Å². The van der Waals surface area contributed by atoms with Gasteiger partial charge in [0.05, 0.1) is 19.1 Å². The lowest BCUT2D eigenvalue weighted by atomic mass is 9.96. The van der Waals surface area contributed by atoms with Crippen LogP contribution in [0.25, 0.3) is 0 Å². The van der Waals surface area contributed by atoms with Gasteiger partial charge in [0.2, 0.25) is 59.1 Å². The molecule has 10 amide bonds. The van der Waals surface area contributed by atoms with Crippen LogP contribution in [0.15, 0.2) is 4.99 Å². The number of nitrogens with two attached hydrogens (primary N) is 4. The van der Waals surface area contributed by atoms with E-state index in [9.17, 15) is 82.8 Å². The number of carboxylic acid groups (broad SMARTS) is 3. The number of hydrogen-bond donors (Lipinski definition) is 16. The van der Waals surface area contributed by atoms with E-state index in [1.165, 1.54) is 20.8 Å². The zero-order valence-electron chi connectivity index (χ0n) is 45.7. The molecule has 79 heavy (non-hydrogen) atoms. The number of aliphatic carboxylic acids is 3.